The van der Waals surface area contributed by atoms with Crippen LogP contribution in [-0.2, 0) is 31.4 Å². The zero-order valence-corrected chi connectivity index (χ0v) is 44.9. The minimum absolute atomic E-state index is 0.0262. The Hall–Kier alpha value is -7.90. The summed E-state index contributed by atoms with van der Waals surface area (Å²) in [5, 5.41) is 43.5. The van der Waals surface area contributed by atoms with Crippen LogP contribution in [0.15, 0.2) is 109 Å². The first kappa shape index (κ1) is 61.2. The Morgan fingerprint density at radius 1 is 0.542 bits per heavy atom. The SMILES string of the molecule is Fc1ccc2cc(N3CCNCC3)ccc2c1.O=C(COC1CCC(Nc2ccc([N+](=O)[O-])c(C(F)(F)F)c2)CC1)N1CCN(c2ccc3cc(F)ccc3c2)CC1.O=C(O)COC1CCC(Nc2ccc([N+](=O)[O-])c(C(F)(F)F)c2)CC1. The van der Waals surface area contributed by atoms with Crippen molar-refractivity contribution in [3.8, 4) is 0 Å². The summed E-state index contributed by atoms with van der Waals surface area (Å²) in [6.07, 6.45) is -5.03. The minimum Gasteiger partial charge on any atom is -0.480 e. The summed E-state index contributed by atoms with van der Waals surface area (Å²) >= 11 is 0. The van der Waals surface area contributed by atoms with E-state index in [-0.39, 0.29) is 66.4 Å². The monoisotopic (exact) mass is 1170 g/mol. The van der Waals surface area contributed by atoms with Crippen LogP contribution in [0, 0.1) is 31.9 Å². The summed E-state index contributed by atoms with van der Waals surface area (Å²) < 4.78 is 116. The Balaban J connectivity index is 0.000000181. The van der Waals surface area contributed by atoms with E-state index in [0.717, 1.165) is 77.7 Å². The van der Waals surface area contributed by atoms with Gasteiger partial charge in [-0.1, -0.05) is 24.3 Å². The van der Waals surface area contributed by atoms with Crippen LogP contribution in [0.2, 0.25) is 0 Å². The maximum Gasteiger partial charge on any atom is 0.423 e. The molecule has 2 aliphatic heterocycles. The van der Waals surface area contributed by atoms with E-state index < -0.39 is 50.7 Å². The highest BCUT2D eigenvalue weighted by molar-refractivity contribution is 5.87. The molecular weight excluding hydrogens is 1100 g/mol. The third kappa shape index (κ3) is 17.1. The summed E-state index contributed by atoms with van der Waals surface area (Å²) in [4.78, 5) is 49.2. The van der Waals surface area contributed by atoms with Crippen LogP contribution in [0.25, 0.3) is 21.5 Å². The topological polar surface area (TPSA) is 205 Å². The number of carbonyl (C=O) groups is 2. The van der Waals surface area contributed by atoms with Crippen molar-refractivity contribution in [1.82, 2.24) is 10.2 Å². The van der Waals surface area contributed by atoms with Gasteiger partial charge in [0.1, 0.15) is 36.0 Å². The molecule has 10 rings (SSSR count). The van der Waals surface area contributed by atoms with Gasteiger partial charge in [-0.15, -0.1) is 0 Å². The van der Waals surface area contributed by atoms with Gasteiger partial charge < -0.3 is 45.2 Å². The fourth-order valence-corrected chi connectivity index (χ4v) is 10.7. The molecule has 444 valence electrons. The van der Waals surface area contributed by atoms with Crippen LogP contribution >= 0.6 is 0 Å². The maximum absolute atomic E-state index is 13.5. The molecule has 4 aliphatic rings. The molecule has 0 radical (unpaired) electrons. The molecule has 6 aromatic rings. The van der Waals surface area contributed by atoms with Crippen molar-refractivity contribution in [2.75, 3.05) is 86.0 Å². The number of benzene rings is 6. The number of nitrogens with zero attached hydrogens (tertiary/aromatic N) is 5. The number of alkyl halides is 6. The molecule has 6 aromatic carbocycles. The summed E-state index contributed by atoms with van der Waals surface area (Å²) in [5.41, 5.74) is -1.93. The lowest BCUT2D eigenvalue weighted by Crippen LogP contribution is -2.50. The second kappa shape index (κ2) is 27.5. The predicted molar refractivity (Wildman–Crippen MR) is 297 cm³/mol. The van der Waals surface area contributed by atoms with Gasteiger partial charge in [0.25, 0.3) is 11.4 Å². The fourth-order valence-electron chi connectivity index (χ4n) is 10.7. The van der Waals surface area contributed by atoms with Crippen molar-refractivity contribution in [2.45, 2.75) is 88.0 Å². The fraction of sp³-hybridized carbons (Fsp3) is 0.414. The number of carbonyl (C=O) groups excluding carboxylic acids is 1. The normalized spacial score (nSPS) is 19.4. The molecule has 2 aliphatic carbocycles. The van der Waals surface area contributed by atoms with E-state index in [4.69, 9.17) is 14.6 Å². The van der Waals surface area contributed by atoms with Crippen LogP contribution in [0.4, 0.5) is 69.2 Å². The number of rotatable bonds is 14. The van der Waals surface area contributed by atoms with E-state index in [2.05, 4.69) is 37.9 Å². The highest BCUT2D eigenvalue weighted by Gasteiger charge is 2.40. The number of nitrogens with one attached hydrogen (secondary N) is 3. The molecule has 2 heterocycles. The number of fused-ring (bicyclic) bond motifs is 2. The first-order valence-electron chi connectivity index (χ1n) is 27.1. The van der Waals surface area contributed by atoms with Gasteiger partial charge in [-0.2, -0.15) is 26.3 Å². The lowest BCUT2D eigenvalue weighted by atomic mass is 9.92. The van der Waals surface area contributed by atoms with Crippen LogP contribution < -0.4 is 25.8 Å². The molecular formula is C58H62F8N8O9. The highest BCUT2D eigenvalue weighted by atomic mass is 19.4. The number of hydrogen-bond donors (Lipinski definition) is 4. The van der Waals surface area contributed by atoms with Crippen molar-refractivity contribution < 1.29 is 69.1 Å². The Morgan fingerprint density at radius 2 is 0.940 bits per heavy atom. The number of aliphatic carboxylic acids is 1. The number of amides is 1. The number of halogens is 8. The zero-order chi connectivity index (χ0) is 59.4. The van der Waals surface area contributed by atoms with Gasteiger partial charge >= 0.3 is 18.3 Å². The molecule has 4 N–H and O–H groups in total. The Bertz CT molecular complexity index is 3230. The molecule has 4 fully saturated rings. The van der Waals surface area contributed by atoms with Gasteiger partial charge in [-0.05, 0) is 146 Å². The smallest absolute Gasteiger partial charge is 0.423 e. The summed E-state index contributed by atoms with van der Waals surface area (Å²) in [7, 11) is 0. The van der Waals surface area contributed by atoms with Crippen molar-refractivity contribution in [3.63, 3.8) is 0 Å². The molecule has 2 saturated heterocycles. The van der Waals surface area contributed by atoms with Gasteiger partial charge in [0.15, 0.2) is 0 Å². The molecule has 2 saturated carbocycles. The van der Waals surface area contributed by atoms with Crippen molar-refractivity contribution >= 4 is 67.5 Å². The summed E-state index contributed by atoms with van der Waals surface area (Å²) in [6, 6.07) is 27.3. The van der Waals surface area contributed by atoms with E-state index >= 15 is 0 Å². The molecule has 0 aromatic heterocycles. The molecule has 0 bridgehead atoms. The van der Waals surface area contributed by atoms with Crippen LogP contribution in [0.1, 0.15) is 62.5 Å². The first-order chi connectivity index (χ1) is 39.6. The highest BCUT2D eigenvalue weighted by Crippen LogP contribution is 2.40. The van der Waals surface area contributed by atoms with E-state index in [1.165, 1.54) is 36.0 Å². The van der Waals surface area contributed by atoms with Gasteiger partial charge in [0.2, 0.25) is 5.91 Å². The average molecular weight is 1170 g/mol. The Morgan fingerprint density at radius 3 is 1.35 bits per heavy atom. The molecule has 1 amide bonds. The maximum atomic E-state index is 13.5. The number of anilines is 4. The standard InChI is InChI=1S/C29H30F4N4O4.C15H17F3N2O5.C14H15FN2/c30-21-3-1-20-16-24(7-2-19(20)15-21)35-11-13-36(14-12-35)28(38)18-41-25-8-4-22(5-9-25)34-23-6-10-27(37(39)40)26(17-23)29(31,32)33;16-15(17,18)12-7-10(3-6-13(12)20(23)24)19-9-1-4-11(5-2-9)25-8-14(21)22;15-13-3-1-12-10-14(4-2-11(12)9-13)17-7-5-16-6-8-17/h1-3,6-7,10,15-17,22,25,34H,4-5,8-9,11-14,18H2;3,6-7,9,11,19H,1-2,4-5,8H2,(H,21,22);1-4,9-10,16H,5-8H2. The summed E-state index contributed by atoms with van der Waals surface area (Å²) in [6.45, 7) is 6.21. The zero-order valence-electron chi connectivity index (χ0n) is 44.9. The van der Waals surface area contributed by atoms with Crippen LogP contribution in [-0.4, -0.2) is 122 Å². The van der Waals surface area contributed by atoms with E-state index in [1.807, 2.05) is 30.3 Å². The number of nitro groups is 2. The number of nitro benzene ring substituents is 2. The van der Waals surface area contributed by atoms with Crippen LogP contribution in [0.3, 0.4) is 0 Å². The average Bonchev–Trinajstić information content (AvgIpc) is 3.67. The lowest BCUT2D eigenvalue weighted by molar-refractivity contribution is -0.388. The third-order valence-corrected chi connectivity index (χ3v) is 15.0. The molecule has 0 atom stereocenters. The largest absolute Gasteiger partial charge is 0.480 e. The molecule has 83 heavy (non-hydrogen) atoms. The third-order valence-electron chi connectivity index (χ3n) is 15.0. The number of carboxylic acids is 1. The number of piperazine rings is 2. The lowest BCUT2D eigenvalue weighted by Gasteiger charge is -2.36. The van der Waals surface area contributed by atoms with Crippen molar-refractivity contribution in [2.24, 2.45) is 0 Å². The van der Waals surface area contributed by atoms with E-state index in [0.29, 0.717) is 77.5 Å². The number of carboxylic acid groups (broad SMARTS) is 1. The second-order valence-electron chi connectivity index (χ2n) is 20.7. The minimum atomic E-state index is -4.83. The van der Waals surface area contributed by atoms with Gasteiger partial charge in [0.05, 0.1) is 22.1 Å². The Kier molecular flexibility index (Phi) is 20.2. The molecule has 17 nitrogen and oxygen atoms in total. The second-order valence-corrected chi connectivity index (χ2v) is 20.7. The van der Waals surface area contributed by atoms with Crippen molar-refractivity contribution in [3.05, 3.63) is 152 Å². The van der Waals surface area contributed by atoms with Crippen molar-refractivity contribution in [1.29, 1.82) is 0 Å². The van der Waals surface area contributed by atoms with Gasteiger partial charge in [-0.25, -0.2) is 13.6 Å². The van der Waals surface area contributed by atoms with E-state index in [1.54, 1.807) is 17.0 Å². The number of ether oxygens (including phenoxy) is 2. The number of hydrogen-bond acceptors (Lipinski definition) is 13. The quantitative estimate of drug-likeness (QED) is 0.0455. The van der Waals surface area contributed by atoms with E-state index in [9.17, 15) is 64.9 Å². The first-order valence-corrected chi connectivity index (χ1v) is 27.1. The summed E-state index contributed by atoms with van der Waals surface area (Å²) in [5.74, 6) is -1.57. The van der Waals surface area contributed by atoms with Gasteiger partial charge in [-0.3, -0.25) is 25.0 Å². The van der Waals surface area contributed by atoms with Gasteiger partial charge in [0, 0.05) is 99.3 Å². The molecule has 0 unspecified atom stereocenters. The van der Waals surface area contributed by atoms with Crippen LogP contribution in [0.5, 0.6) is 0 Å². The molecule has 25 heteroatoms. The molecule has 0 spiro atoms. The Labute approximate surface area is 471 Å². The predicted octanol–water partition coefficient (Wildman–Crippen LogP) is 11.8.